The summed E-state index contributed by atoms with van der Waals surface area (Å²) in [7, 11) is 0. The lowest BCUT2D eigenvalue weighted by atomic mass is 9.54. The average molecular weight is 288 g/mol. The van der Waals surface area contributed by atoms with Crippen molar-refractivity contribution in [1.82, 2.24) is 0 Å². The van der Waals surface area contributed by atoms with Crippen LogP contribution in [0, 0.1) is 11.8 Å². The number of hydrogen-bond donors (Lipinski definition) is 2. The molecule has 21 heavy (non-hydrogen) atoms. The number of rotatable bonds is 2. The molecule has 2 aliphatic carbocycles. The molecule has 1 fully saturated rings. The molecule has 2 aliphatic rings. The van der Waals surface area contributed by atoms with Gasteiger partial charge in [0, 0.05) is 6.61 Å². The number of hydrogen-bond acceptors (Lipinski definition) is 2. The summed E-state index contributed by atoms with van der Waals surface area (Å²) < 4.78 is 0. The molecule has 0 saturated heterocycles. The van der Waals surface area contributed by atoms with E-state index >= 15 is 0 Å². The van der Waals surface area contributed by atoms with E-state index in [-0.39, 0.29) is 5.41 Å². The fourth-order valence-electron chi connectivity index (χ4n) is 5.15. The molecule has 0 aliphatic heterocycles. The number of benzene rings is 1. The van der Waals surface area contributed by atoms with Crippen LogP contribution in [0.1, 0.15) is 69.1 Å². The SMILES string of the molecule is CC(C)c1c(O)ccc2c1CCC1C(CO)CCC[C@]21C. The van der Waals surface area contributed by atoms with Crippen LogP contribution >= 0.6 is 0 Å². The lowest BCUT2D eigenvalue weighted by molar-refractivity contribution is 0.0606. The molecule has 2 nitrogen and oxygen atoms in total. The first-order chi connectivity index (χ1) is 9.99. The number of aliphatic hydroxyl groups excluding tert-OH is 1. The van der Waals surface area contributed by atoms with E-state index in [1.54, 1.807) is 0 Å². The summed E-state index contributed by atoms with van der Waals surface area (Å²) in [6.07, 6.45) is 5.78. The van der Waals surface area contributed by atoms with E-state index in [1.807, 2.05) is 6.07 Å². The van der Waals surface area contributed by atoms with Crippen molar-refractivity contribution in [3.63, 3.8) is 0 Å². The lowest BCUT2D eigenvalue weighted by Gasteiger charge is -2.50. The summed E-state index contributed by atoms with van der Waals surface area (Å²) in [6.45, 7) is 7.05. The van der Waals surface area contributed by atoms with Gasteiger partial charge >= 0.3 is 0 Å². The van der Waals surface area contributed by atoms with Crippen LogP contribution in [-0.4, -0.2) is 16.8 Å². The van der Waals surface area contributed by atoms with Gasteiger partial charge in [0.05, 0.1) is 0 Å². The van der Waals surface area contributed by atoms with Gasteiger partial charge in [0.15, 0.2) is 0 Å². The van der Waals surface area contributed by atoms with Crippen molar-refractivity contribution < 1.29 is 10.2 Å². The molecule has 2 heteroatoms. The molecule has 1 aromatic carbocycles. The van der Waals surface area contributed by atoms with Gasteiger partial charge in [0.25, 0.3) is 0 Å². The molecule has 0 amide bonds. The molecular formula is C19H28O2. The second-order valence-electron chi connectivity index (χ2n) is 7.58. The van der Waals surface area contributed by atoms with Crippen LogP contribution in [-0.2, 0) is 11.8 Å². The largest absolute Gasteiger partial charge is 0.508 e. The van der Waals surface area contributed by atoms with E-state index in [9.17, 15) is 10.2 Å². The van der Waals surface area contributed by atoms with Crippen LogP contribution in [0.2, 0.25) is 0 Å². The van der Waals surface area contributed by atoms with E-state index in [4.69, 9.17) is 0 Å². The van der Waals surface area contributed by atoms with Crippen molar-refractivity contribution in [2.24, 2.45) is 11.8 Å². The minimum absolute atomic E-state index is 0.177. The van der Waals surface area contributed by atoms with E-state index in [1.165, 1.54) is 30.4 Å². The summed E-state index contributed by atoms with van der Waals surface area (Å²) in [5.41, 5.74) is 4.16. The molecule has 1 saturated carbocycles. The zero-order valence-electron chi connectivity index (χ0n) is 13.5. The molecule has 0 aromatic heterocycles. The Bertz CT molecular complexity index is 535. The monoisotopic (exact) mass is 288 g/mol. The molecule has 2 unspecified atom stereocenters. The van der Waals surface area contributed by atoms with Crippen molar-refractivity contribution in [3.05, 3.63) is 28.8 Å². The molecule has 0 bridgehead atoms. The highest BCUT2D eigenvalue weighted by Gasteiger charge is 2.46. The molecule has 0 spiro atoms. The zero-order chi connectivity index (χ0) is 15.2. The van der Waals surface area contributed by atoms with E-state index in [2.05, 4.69) is 26.8 Å². The van der Waals surface area contributed by atoms with Crippen LogP contribution in [0.5, 0.6) is 5.75 Å². The number of fused-ring (bicyclic) bond motifs is 3. The number of aliphatic hydroxyl groups is 1. The smallest absolute Gasteiger partial charge is 0.119 e. The Morgan fingerprint density at radius 3 is 2.71 bits per heavy atom. The molecule has 0 radical (unpaired) electrons. The van der Waals surface area contributed by atoms with Crippen molar-refractivity contribution >= 4 is 0 Å². The maximum absolute atomic E-state index is 10.3. The normalized spacial score (nSPS) is 31.9. The first-order valence-corrected chi connectivity index (χ1v) is 8.45. The van der Waals surface area contributed by atoms with Crippen LogP contribution in [0.25, 0.3) is 0 Å². The minimum atomic E-state index is 0.177. The van der Waals surface area contributed by atoms with Gasteiger partial charge in [-0.05, 0) is 71.6 Å². The third-order valence-electron chi connectivity index (χ3n) is 6.12. The van der Waals surface area contributed by atoms with Crippen LogP contribution in [0.3, 0.4) is 0 Å². The molecule has 3 atom stereocenters. The van der Waals surface area contributed by atoms with Gasteiger partial charge < -0.3 is 10.2 Å². The molecule has 0 heterocycles. The van der Waals surface area contributed by atoms with E-state index < -0.39 is 0 Å². The van der Waals surface area contributed by atoms with Crippen molar-refractivity contribution in [1.29, 1.82) is 0 Å². The van der Waals surface area contributed by atoms with Crippen LogP contribution in [0.15, 0.2) is 12.1 Å². The first-order valence-electron chi connectivity index (χ1n) is 8.45. The maximum atomic E-state index is 10.3. The number of phenolic OH excluding ortho intramolecular Hbond substituents is 1. The van der Waals surface area contributed by atoms with Gasteiger partial charge in [-0.15, -0.1) is 0 Å². The molecule has 3 rings (SSSR count). The summed E-state index contributed by atoms with van der Waals surface area (Å²) in [5, 5.41) is 20.0. The molecular weight excluding hydrogens is 260 g/mol. The van der Waals surface area contributed by atoms with Crippen molar-refractivity contribution in [3.8, 4) is 5.75 Å². The molecule has 116 valence electrons. The fourth-order valence-corrected chi connectivity index (χ4v) is 5.15. The Morgan fingerprint density at radius 2 is 2.05 bits per heavy atom. The zero-order valence-corrected chi connectivity index (χ0v) is 13.5. The fraction of sp³-hybridized carbons (Fsp3) is 0.684. The number of aromatic hydroxyl groups is 1. The van der Waals surface area contributed by atoms with Crippen molar-refractivity contribution in [2.75, 3.05) is 6.61 Å². The molecule has 1 aromatic rings. The van der Waals surface area contributed by atoms with Gasteiger partial charge in [-0.3, -0.25) is 0 Å². The van der Waals surface area contributed by atoms with Crippen LogP contribution < -0.4 is 0 Å². The predicted molar refractivity (Wildman–Crippen MR) is 85.8 cm³/mol. The summed E-state index contributed by atoms with van der Waals surface area (Å²) >= 11 is 0. The topological polar surface area (TPSA) is 40.5 Å². The Balaban J connectivity index is 2.12. The second-order valence-corrected chi connectivity index (χ2v) is 7.58. The Hall–Kier alpha value is -1.02. The quantitative estimate of drug-likeness (QED) is 0.859. The Kier molecular flexibility index (Phi) is 3.77. The van der Waals surface area contributed by atoms with Crippen molar-refractivity contribution in [2.45, 2.75) is 64.2 Å². The highest BCUT2D eigenvalue weighted by Crippen LogP contribution is 2.53. The Labute approximate surface area is 128 Å². The predicted octanol–water partition coefficient (Wildman–Crippen LogP) is 4.13. The first kappa shape index (κ1) is 14.9. The van der Waals surface area contributed by atoms with E-state index in [0.717, 1.165) is 18.4 Å². The van der Waals surface area contributed by atoms with Crippen LogP contribution in [0.4, 0.5) is 0 Å². The second kappa shape index (κ2) is 5.31. The van der Waals surface area contributed by atoms with Gasteiger partial charge in [-0.1, -0.05) is 33.3 Å². The van der Waals surface area contributed by atoms with Gasteiger partial charge in [0.2, 0.25) is 0 Å². The Morgan fingerprint density at radius 1 is 1.29 bits per heavy atom. The van der Waals surface area contributed by atoms with Gasteiger partial charge in [-0.2, -0.15) is 0 Å². The van der Waals surface area contributed by atoms with Gasteiger partial charge in [0.1, 0.15) is 5.75 Å². The van der Waals surface area contributed by atoms with E-state index in [0.29, 0.717) is 30.1 Å². The highest BCUT2D eigenvalue weighted by molar-refractivity contribution is 5.50. The third-order valence-corrected chi connectivity index (χ3v) is 6.12. The number of phenols is 1. The summed E-state index contributed by atoms with van der Waals surface area (Å²) in [6, 6.07) is 4.05. The average Bonchev–Trinajstić information content (AvgIpc) is 2.44. The molecule has 2 N–H and O–H groups in total. The summed E-state index contributed by atoms with van der Waals surface area (Å²) in [4.78, 5) is 0. The van der Waals surface area contributed by atoms with Gasteiger partial charge in [-0.25, -0.2) is 0 Å². The summed E-state index contributed by atoms with van der Waals surface area (Å²) in [5.74, 6) is 1.86. The lowest BCUT2D eigenvalue weighted by Crippen LogP contribution is -2.45. The maximum Gasteiger partial charge on any atom is 0.119 e. The minimum Gasteiger partial charge on any atom is -0.508 e. The third kappa shape index (κ3) is 2.19. The highest BCUT2D eigenvalue weighted by atomic mass is 16.3. The standard InChI is InChI=1S/C19H28O2/c1-12(2)18-14-6-7-15-13(11-20)5-4-10-19(15,3)16(14)8-9-17(18)21/h8-9,12-13,15,20-21H,4-7,10-11H2,1-3H3/t13?,15?,19-/m0/s1.